The van der Waals surface area contributed by atoms with Crippen LogP contribution < -0.4 is 15.5 Å². The van der Waals surface area contributed by atoms with Gasteiger partial charge in [0.05, 0.1) is 12.2 Å². The summed E-state index contributed by atoms with van der Waals surface area (Å²) in [7, 11) is 3.99. The summed E-state index contributed by atoms with van der Waals surface area (Å²) in [4.78, 5) is 12.7. The first-order valence-corrected chi connectivity index (χ1v) is 9.50. The summed E-state index contributed by atoms with van der Waals surface area (Å²) >= 11 is 1.79. The zero-order chi connectivity index (χ0) is 18.3. The monoisotopic (exact) mass is 359 g/mol. The van der Waals surface area contributed by atoms with Gasteiger partial charge in [-0.1, -0.05) is 26.0 Å². The van der Waals surface area contributed by atoms with Crippen LogP contribution in [0.15, 0.2) is 40.7 Å². The summed E-state index contributed by atoms with van der Waals surface area (Å²) in [5, 5.41) is 8.90. The van der Waals surface area contributed by atoms with Crippen LogP contribution in [0.1, 0.15) is 31.3 Å². The van der Waals surface area contributed by atoms with Crippen LogP contribution >= 0.6 is 11.3 Å². The van der Waals surface area contributed by atoms with Crippen LogP contribution in [-0.4, -0.2) is 38.1 Å². The molecule has 0 saturated heterocycles. The minimum absolute atomic E-state index is 0.0629. The lowest BCUT2D eigenvalue weighted by Gasteiger charge is -2.25. The fourth-order valence-electron chi connectivity index (χ4n) is 2.36. The summed E-state index contributed by atoms with van der Waals surface area (Å²) in [6, 6.07) is 10.3. The lowest BCUT2D eigenvalue weighted by molar-refractivity contribution is 0.518. The predicted molar refractivity (Wildman–Crippen MR) is 109 cm³/mol. The molecular weight excluding hydrogens is 330 g/mol. The first kappa shape index (κ1) is 19.2. The van der Waals surface area contributed by atoms with Crippen LogP contribution in [0.3, 0.4) is 0 Å². The topological polar surface area (TPSA) is 52.6 Å². The second kappa shape index (κ2) is 8.85. The highest BCUT2D eigenvalue weighted by atomic mass is 32.1. The largest absolute Gasteiger partial charge is 0.363 e. The van der Waals surface area contributed by atoms with Gasteiger partial charge in [-0.05, 0) is 30.5 Å². The Labute approximate surface area is 155 Å². The minimum atomic E-state index is 0.0629. The third-order valence-electron chi connectivity index (χ3n) is 3.88. The molecule has 0 fully saturated rings. The second-order valence-corrected chi connectivity index (χ2v) is 7.74. The molecule has 0 amide bonds. The lowest BCUT2D eigenvalue weighted by atomic mass is 9.91. The summed E-state index contributed by atoms with van der Waals surface area (Å²) in [5.74, 6) is 1.77. The van der Waals surface area contributed by atoms with Crippen LogP contribution in [-0.2, 0) is 12.0 Å². The first-order chi connectivity index (χ1) is 11.9. The number of hydrogen-bond acceptors (Lipinski definition) is 4. The van der Waals surface area contributed by atoms with Crippen LogP contribution in [0.2, 0.25) is 0 Å². The number of anilines is 1. The number of hydrogen-bond donors (Lipinski definition) is 2. The quantitative estimate of drug-likeness (QED) is 0.589. The molecule has 0 unspecified atom stereocenters. The van der Waals surface area contributed by atoms with Gasteiger partial charge in [-0.2, -0.15) is 0 Å². The number of pyridine rings is 1. The van der Waals surface area contributed by atoms with Crippen LogP contribution in [0, 0.1) is 0 Å². The molecule has 0 aliphatic carbocycles. The van der Waals surface area contributed by atoms with Gasteiger partial charge in [0.15, 0.2) is 5.96 Å². The maximum atomic E-state index is 4.69. The molecule has 0 spiro atoms. The van der Waals surface area contributed by atoms with E-state index in [9.17, 15) is 0 Å². The van der Waals surface area contributed by atoms with E-state index >= 15 is 0 Å². The van der Waals surface area contributed by atoms with Gasteiger partial charge in [0.25, 0.3) is 0 Å². The van der Waals surface area contributed by atoms with Crippen LogP contribution in [0.4, 0.5) is 5.82 Å². The third-order valence-corrected chi connectivity index (χ3v) is 5.12. The van der Waals surface area contributed by atoms with Crippen molar-refractivity contribution in [3.63, 3.8) is 0 Å². The fraction of sp³-hybridized carbons (Fsp3) is 0.474. The van der Waals surface area contributed by atoms with E-state index in [0.29, 0.717) is 6.54 Å². The number of thiophene rings is 1. The highest BCUT2D eigenvalue weighted by Crippen LogP contribution is 2.26. The Morgan fingerprint density at radius 2 is 2.00 bits per heavy atom. The molecule has 0 saturated carbocycles. The number of guanidine groups is 1. The highest BCUT2D eigenvalue weighted by Gasteiger charge is 2.21. The molecular formula is C19H29N5S. The first-order valence-electron chi connectivity index (χ1n) is 8.62. The maximum Gasteiger partial charge on any atom is 0.191 e. The van der Waals surface area contributed by atoms with Gasteiger partial charge in [-0.25, -0.2) is 9.98 Å². The standard InChI is InChI=1S/C19H29N5S/c1-6-20-18(22-14-19(2,3)16-10-8-12-25-16)21-13-15-9-7-11-17(23-15)24(4)5/h7-12H,6,13-14H2,1-5H3,(H2,20,21,22). The van der Waals surface area contributed by atoms with Crippen molar-refractivity contribution >= 4 is 23.1 Å². The summed E-state index contributed by atoms with van der Waals surface area (Å²) in [5.41, 5.74) is 1.02. The van der Waals surface area contributed by atoms with E-state index in [1.54, 1.807) is 11.3 Å². The molecule has 2 N–H and O–H groups in total. The van der Waals surface area contributed by atoms with Gasteiger partial charge >= 0.3 is 0 Å². The zero-order valence-electron chi connectivity index (χ0n) is 15.8. The molecule has 5 nitrogen and oxygen atoms in total. The Morgan fingerprint density at radius 1 is 1.20 bits per heavy atom. The molecule has 0 aliphatic rings. The molecule has 2 heterocycles. The Hall–Kier alpha value is -2.08. The van der Waals surface area contributed by atoms with E-state index in [1.165, 1.54) is 4.88 Å². The average molecular weight is 360 g/mol. The smallest absolute Gasteiger partial charge is 0.191 e. The van der Waals surface area contributed by atoms with Gasteiger partial charge in [0, 0.05) is 37.5 Å². The van der Waals surface area contributed by atoms with E-state index in [0.717, 1.165) is 30.6 Å². The van der Waals surface area contributed by atoms with Crippen molar-refractivity contribution in [3.8, 4) is 0 Å². The number of aromatic nitrogens is 1. The van der Waals surface area contributed by atoms with Crippen molar-refractivity contribution in [2.24, 2.45) is 4.99 Å². The van der Waals surface area contributed by atoms with Crippen molar-refractivity contribution in [3.05, 3.63) is 46.3 Å². The van der Waals surface area contributed by atoms with Crippen molar-refractivity contribution in [1.82, 2.24) is 15.6 Å². The van der Waals surface area contributed by atoms with Crippen LogP contribution in [0.25, 0.3) is 0 Å². The number of rotatable bonds is 7. The zero-order valence-corrected chi connectivity index (χ0v) is 16.7. The van der Waals surface area contributed by atoms with E-state index in [1.807, 2.05) is 37.2 Å². The molecule has 136 valence electrons. The van der Waals surface area contributed by atoms with Gasteiger partial charge in [0.2, 0.25) is 0 Å². The molecule has 0 aromatic carbocycles. The molecule has 2 rings (SSSR count). The predicted octanol–water partition coefficient (Wildman–Crippen LogP) is 3.24. The Morgan fingerprint density at radius 3 is 2.64 bits per heavy atom. The van der Waals surface area contributed by atoms with Gasteiger partial charge in [0.1, 0.15) is 5.82 Å². The SMILES string of the molecule is CCNC(=NCc1cccc(N(C)C)n1)NCC(C)(C)c1cccs1. The molecule has 2 aromatic rings. The van der Waals surface area contributed by atoms with E-state index in [4.69, 9.17) is 0 Å². The minimum Gasteiger partial charge on any atom is -0.363 e. The summed E-state index contributed by atoms with van der Waals surface area (Å²) in [6.45, 7) is 8.78. The molecule has 0 bridgehead atoms. The molecule has 6 heteroatoms. The van der Waals surface area contributed by atoms with Gasteiger partial charge in [-0.3, -0.25) is 0 Å². The van der Waals surface area contributed by atoms with Gasteiger partial charge < -0.3 is 15.5 Å². The average Bonchev–Trinajstić information content (AvgIpc) is 3.13. The molecule has 0 radical (unpaired) electrons. The Bertz CT molecular complexity index is 677. The maximum absolute atomic E-state index is 4.69. The molecule has 0 atom stereocenters. The molecule has 25 heavy (non-hydrogen) atoms. The summed E-state index contributed by atoms with van der Waals surface area (Å²) in [6.07, 6.45) is 0. The van der Waals surface area contributed by atoms with E-state index in [-0.39, 0.29) is 5.41 Å². The van der Waals surface area contributed by atoms with Crippen molar-refractivity contribution in [2.45, 2.75) is 32.7 Å². The fourth-order valence-corrected chi connectivity index (χ4v) is 3.21. The van der Waals surface area contributed by atoms with Crippen molar-refractivity contribution < 1.29 is 0 Å². The third kappa shape index (κ3) is 5.74. The van der Waals surface area contributed by atoms with Gasteiger partial charge in [-0.15, -0.1) is 11.3 Å². The lowest BCUT2D eigenvalue weighted by Crippen LogP contribution is -2.43. The van der Waals surface area contributed by atoms with Crippen LogP contribution in [0.5, 0.6) is 0 Å². The second-order valence-electron chi connectivity index (χ2n) is 6.79. The molecule has 0 aliphatic heterocycles. The molecule has 2 aromatic heterocycles. The van der Waals surface area contributed by atoms with E-state index in [2.05, 4.69) is 58.9 Å². The normalized spacial score (nSPS) is 12.1. The Balaban J connectivity index is 2.02. The van der Waals surface area contributed by atoms with E-state index < -0.39 is 0 Å². The van der Waals surface area contributed by atoms with Crippen molar-refractivity contribution in [2.75, 3.05) is 32.1 Å². The summed E-state index contributed by atoms with van der Waals surface area (Å²) < 4.78 is 0. The Kier molecular flexibility index (Phi) is 6.82. The number of nitrogens with zero attached hydrogens (tertiary/aromatic N) is 3. The number of aliphatic imine (C=N–C) groups is 1. The number of nitrogens with one attached hydrogen (secondary N) is 2. The highest BCUT2D eigenvalue weighted by molar-refractivity contribution is 7.10. The van der Waals surface area contributed by atoms with Crippen molar-refractivity contribution in [1.29, 1.82) is 0 Å².